The number of nitrogens with two attached hydrogens (primary N) is 1. The molecule has 35 valence electrons. The molecule has 2 heteroatoms. The van der Waals surface area contributed by atoms with Crippen molar-refractivity contribution in [2.45, 2.75) is 13.8 Å². The molecule has 2 N–H and O–H groups in total. The van der Waals surface area contributed by atoms with Crippen molar-refractivity contribution in [1.29, 1.82) is 0 Å². The highest BCUT2D eigenvalue weighted by molar-refractivity contribution is 5.75. The van der Waals surface area contributed by atoms with Crippen LogP contribution in [0.25, 0.3) is 0 Å². The maximum Gasteiger partial charge on any atom is 0 e. The topological polar surface area (TPSA) is 26.0 Å². The van der Waals surface area contributed by atoms with Crippen LogP contribution in [0.2, 0.25) is 0 Å². The molecular formula is C4H11BN. The van der Waals surface area contributed by atoms with Gasteiger partial charge in [-0.25, -0.2) is 0 Å². The zero-order valence-electron chi connectivity index (χ0n) is 4.44. The first-order valence-electron chi connectivity index (χ1n) is 1.97. The molecular weight excluding hydrogens is 72.9 g/mol. The van der Waals surface area contributed by atoms with Gasteiger partial charge in [-0.05, 0) is 12.5 Å². The van der Waals surface area contributed by atoms with Crippen LogP contribution >= 0.6 is 0 Å². The maximum atomic E-state index is 5.17. The van der Waals surface area contributed by atoms with Gasteiger partial charge in [0.05, 0.1) is 0 Å². The summed E-state index contributed by atoms with van der Waals surface area (Å²) in [7, 11) is 0. The average Bonchev–Trinajstić information content (AvgIpc) is 1.38. The van der Waals surface area contributed by atoms with Crippen molar-refractivity contribution in [3.05, 3.63) is 0 Å². The highest BCUT2D eigenvalue weighted by Gasteiger charge is 1.80. The molecule has 0 aliphatic rings. The van der Waals surface area contributed by atoms with Gasteiger partial charge in [-0.1, -0.05) is 13.8 Å². The fraction of sp³-hybridized carbons (Fsp3) is 1.00. The van der Waals surface area contributed by atoms with Crippen molar-refractivity contribution in [2.75, 3.05) is 6.54 Å². The van der Waals surface area contributed by atoms with E-state index in [0.29, 0.717) is 5.92 Å². The van der Waals surface area contributed by atoms with E-state index in [9.17, 15) is 0 Å². The lowest BCUT2D eigenvalue weighted by Gasteiger charge is -1.91. The van der Waals surface area contributed by atoms with Gasteiger partial charge in [0, 0.05) is 8.41 Å². The predicted octanol–water partition coefficient (Wildman–Crippen LogP) is 0.220. The quantitative estimate of drug-likeness (QED) is 0.452. The van der Waals surface area contributed by atoms with Crippen molar-refractivity contribution in [3.63, 3.8) is 0 Å². The summed E-state index contributed by atoms with van der Waals surface area (Å²) in [5.41, 5.74) is 5.17. The lowest BCUT2D eigenvalue weighted by atomic mass is 10.2. The summed E-state index contributed by atoms with van der Waals surface area (Å²) in [5, 5.41) is 0. The summed E-state index contributed by atoms with van der Waals surface area (Å²) in [6.07, 6.45) is 0. The fourth-order valence-electron chi connectivity index (χ4n) is 0. The third-order valence-corrected chi connectivity index (χ3v) is 0.471. The predicted molar refractivity (Wildman–Crippen MR) is 29.6 cm³/mol. The molecule has 0 fully saturated rings. The van der Waals surface area contributed by atoms with Crippen LogP contribution in [0.3, 0.4) is 0 Å². The maximum absolute atomic E-state index is 5.17. The SMILES string of the molecule is CC(C)CN.[B]. The minimum atomic E-state index is 0. The first-order chi connectivity index (χ1) is 2.27. The zero-order valence-corrected chi connectivity index (χ0v) is 4.44. The summed E-state index contributed by atoms with van der Waals surface area (Å²) in [5.74, 6) is 0.662. The second-order valence-corrected chi connectivity index (χ2v) is 1.63. The summed E-state index contributed by atoms with van der Waals surface area (Å²) in [4.78, 5) is 0. The summed E-state index contributed by atoms with van der Waals surface area (Å²) in [6.45, 7) is 5.00. The largest absolute Gasteiger partial charge is 0.330 e. The molecule has 0 atom stereocenters. The molecule has 0 saturated heterocycles. The van der Waals surface area contributed by atoms with Gasteiger partial charge in [0.1, 0.15) is 0 Å². The van der Waals surface area contributed by atoms with Crippen LogP contribution in [0, 0.1) is 5.92 Å². The minimum Gasteiger partial charge on any atom is -0.330 e. The molecule has 0 saturated carbocycles. The van der Waals surface area contributed by atoms with Crippen molar-refractivity contribution < 1.29 is 0 Å². The van der Waals surface area contributed by atoms with Crippen LogP contribution in [0.4, 0.5) is 0 Å². The van der Waals surface area contributed by atoms with Crippen molar-refractivity contribution in [3.8, 4) is 0 Å². The van der Waals surface area contributed by atoms with E-state index in [1.165, 1.54) is 0 Å². The molecule has 0 aliphatic carbocycles. The molecule has 0 rings (SSSR count). The Kier molecular flexibility index (Phi) is 7.86. The first kappa shape index (κ1) is 9.39. The van der Waals surface area contributed by atoms with E-state index in [0.717, 1.165) is 6.54 Å². The number of hydrogen-bond acceptors (Lipinski definition) is 1. The molecule has 1 nitrogen and oxygen atoms in total. The van der Waals surface area contributed by atoms with Crippen molar-refractivity contribution in [2.24, 2.45) is 11.7 Å². The Morgan fingerprint density at radius 1 is 1.50 bits per heavy atom. The van der Waals surface area contributed by atoms with E-state index in [1.54, 1.807) is 0 Å². The second-order valence-electron chi connectivity index (χ2n) is 1.63. The molecule has 0 spiro atoms. The van der Waals surface area contributed by atoms with E-state index < -0.39 is 0 Å². The summed E-state index contributed by atoms with van der Waals surface area (Å²) < 4.78 is 0. The molecule has 0 amide bonds. The highest BCUT2D eigenvalue weighted by Crippen LogP contribution is 1.81. The van der Waals surface area contributed by atoms with E-state index in [1.807, 2.05) is 0 Å². The van der Waals surface area contributed by atoms with Gasteiger partial charge in [0.25, 0.3) is 0 Å². The smallest absolute Gasteiger partial charge is 0 e. The van der Waals surface area contributed by atoms with Crippen LogP contribution in [0.15, 0.2) is 0 Å². The Morgan fingerprint density at radius 2 is 1.67 bits per heavy atom. The lowest BCUT2D eigenvalue weighted by Crippen LogP contribution is -2.05. The molecule has 0 aromatic heterocycles. The van der Waals surface area contributed by atoms with Crippen LogP contribution in [-0.2, 0) is 0 Å². The Labute approximate surface area is 41.5 Å². The fourth-order valence-corrected chi connectivity index (χ4v) is 0. The minimum absolute atomic E-state index is 0. The number of rotatable bonds is 1. The van der Waals surface area contributed by atoms with Gasteiger partial charge in [-0.15, -0.1) is 0 Å². The van der Waals surface area contributed by atoms with Gasteiger partial charge >= 0.3 is 0 Å². The number of hydrogen-bond donors (Lipinski definition) is 1. The van der Waals surface area contributed by atoms with Crippen LogP contribution < -0.4 is 5.73 Å². The Bertz CT molecular complexity index is 21.5. The zero-order chi connectivity index (χ0) is 4.28. The lowest BCUT2D eigenvalue weighted by molar-refractivity contribution is 0.664. The van der Waals surface area contributed by atoms with E-state index in [4.69, 9.17) is 5.73 Å². The molecule has 0 bridgehead atoms. The highest BCUT2D eigenvalue weighted by atomic mass is 14.5. The van der Waals surface area contributed by atoms with Crippen LogP contribution in [0.1, 0.15) is 13.8 Å². The van der Waals surface area contributed by atoms with E-state index in [2.05, 4.69) is 13.8 Å². The Morgan fingerprint density at radius 3 is 1.67 bits per heavy atom. The van der Waals surface area contributed by atoms with Gasteiger partial charge in [-0.3, -0.25) is 0 Å². The van der Waals surface area contributed by atoms with Gasteiger partial charge in [0.2, 0.25) is 0 Å². The Balaban J connectivity index is 0. The summed E-state index contributed by atoms with van der Waals surface area (Å²) >= 11 is 0. The molecule has 0 unspecified atom stereocenters. The van der Waals surface area contributed by atoms with Crippen LogP contribution in [-0.4, -0.2) is 15.0 Å². The second kappa shape index (κ2) is 5.02. The van der Waals surface area contributed by atoms with Gasteiger partial charge in [0.15, 0.2) is 0 Å². The normalized spacial score (nSPS) is 8.00. The average molecular weight is 84.0 g/mol. The molecule has 6 heavy (non-hydrogen) atoms. The Hall–Kier alpha value is 0.0249. The molecule has 0 heterocycles. The van der Waals surface area contributed by atoms with Crippen molar-refractivity contribution in [1.82, 2.24) is 0 Å². The molecule has 3 radical (unpaired) electrons. The first-order valence-corrected chi connectivity index (χ1v) is 1.97. The third-order valence-electron chi connectivity index (χ3n) is 0.471. The monoisotopic (exact) mass is 84.1 g/mol. The molecule has 0 aliphatic heterocycles. The van der Waals surface area contributed by atoms with E-state index in [-0.39, 0.29) is 8.41 Å². The summed E-state index contributed by atoms with van der Waals surface area (Å²) in [6, 6.07) is 0. The van der Waals surface area contributed by atoms with Crippen LogP contribution in [0.5, 0.6) is 0 Å². The molecule has 0 aromatic rings. The van der Waals surface area contributed by atoms with E-state index >= 15 is 0 Å². The standard InChI is InChI=1S/C4H11N.B/c1-4(2)3-5;/h4H,3,5H2,1-2H3;. The van der Waals surface area contributed by atoms with Gasteiger partial charge in [-0.2, -0.15) is 0 Å². The molecule has 0 aromatic carbocycles. The third kappa shape index (κ3) is 8.98. The van der Waals surface area contributed by atoms with Crippen molar-refractivity contribution >= 4 is 8.41 Å². The van der Waals surface area contributed by atoms with Gasteiger partial charge < -0.3 is 5.73 Å².